The van der Waals surface area contributed by atoms with E-state index in [0.29, 0.717) is 5.56 Å². The van der Waals surface area contributed by atoms with Gasteiger partial charge in [-0.25, -0.2) is 8.78 Å². The molecule has 1 heterocycles. The molecule has 1 saturated heterocycles. The van der Waals surface area contributed by atoms with Gasteiger partial charge in [-0.15, -0.1) is 0 Å². The molecule has 0 saturated carbocycles. The van der Waals surface area contributed by atoms with E-state index in [0.717, 1.165) is 32.2 Å². The molecule has 1 N–H and O–H groups in total. The summed E-state index contributed by atoms with van der Waals surface area (Å²) in [5, 5.41) is 3.25. The SMILES string of the molecule is C[C@H](c1ccc(F)cc1F)N1CCNCC1. The van der Waals surface area contributed by atoms with Gasteiger partial charge < -0.3 is 5.32 Å². The molecular weight excluding hydrogens is 210 g/mol. The van der Waals surface area contributed by atoms with Gasteiger partial charge in [0.25, 0.3) is 0 Å². The van der Waals surface area contributed by atoms with Crippen molar-refractivity contribution in [1.82, 2.24) is 10.2 Å². The zero-order valence-corrected chi connectivity index (χ0v) is 9.34. The van der Waals surface area contributed by atoms with Crippen molar-refractivity contribution in [3.63, 3.8) is 0 Å². The summed E-state index contributed by atoms with van der Waals surface area (Å²) in [4.78, 5) is 2.20. The van der Waals surface area contributed by atoms with Crippen molar-refractivity contribution >= 4 is 0 Å². The van der Waals surface area contributed by atoms with E-state index in [4.69, 9.17) is 0 Å². The van der Waals surface area contributed by atoms with Gasteiger partial charge in [-0.2, -0.15) is 0 Å². The van der Waals surface area contributed by atoms with Crippen molar-refractivity contribution in [2.45, 2.75) is 13.0 Å². The summed E-state index contributed by atoms with van der Waals surface area (Å²) in [5.41, 5.74) is 0.573. The fraction of sp³-hybridized carbons (Fsp3) is 0.500. The third-order valence-corrected chi connectivity index (χ3v) is 3.11. The summed E-state index contributed by atoms with van der Waals surface area (Å²) in [6.07, 6.45) is 0. The number of halogens is 2. The van der Waals surface area contributed by atoms with Crippen LogP contribution in [0.4, 0.5) is 8.78 Å². The first-order chi connectivity index (χ1) is 7.68. The zero-order chi connectivity index (χ0) is 11.5. The first-order valence-corrected chi connectivity index (χ1v) is 5.58. The van der Waals surface area contributed by atoms with Gasteiger partial charge in [-0.3, -0.25) is 4.90 Å². The highest BCUT2D eigenvalue weighted by molar-refractivity contribution is 5.21. The van der Waals surface area contributed by atoms with Crippen LogP contribution in [0.5, 0.6) is 0 Å². The maximum absolute atomic E-state index is 13.6. The Morgan fingerprint density at radius 1 is 1.25 bits per heavy atom. The van der Waals surface area contributed by atoms with E-state index in [1.165, 1.54) is 12.1 Å². The number of nitrogens with one attached hydrogen (secondary N) is 1. The monoisotopic (exact) mass is 226 g/mol. The highest BCUT2D eigenvalue weighted by Crippen LogP contribution is 2.23. The second-order valence-electron chi connectivity index (χ2n) is 4.13. The van der Waals surface area contributed by atoms with Crippen molar-refractivity contribution in [2.24, 2.45) is 0 Å². The normalized spacial score (nSPS) is 19.7. The number of rotatable bonds is 2. The lowest BCUT2D eigenvalue weighted by atomic mass is 10.1. The standard InChI is InChI=1S/C12H16F2N2/c1-9(16-6-4-15-5-7-16)11-3-2-10(13)8-12(11)14/h2-3,8-9,15H,4-7H2,1H3/t9-/m1/s1. The molecule has 88 valence electrons. The van der Waals surface area contributed by atoms with Gasteiger partial charge in [0.1, 0.15) is 11.6 Å². The van der Waals surface area contributed by atoms with Crippen molar-refractivity contribution in [3.05, 3.63) is 35.4 Å². The molecule has 1 aromatic carbocycles. The Morgan fingerprint density at radius 3 is 2.56 bits per heavy atom. The molecular formula is C12H16F2N2. The number of piperazine rings is 1. The van der Waals surface area contributed by atoms with Crippen LogP contribution in [0, 0.1) is 11.6 Å². The first-order valence-electron chi connectivity index (χ1n) is 5.58. The van der Waals surface area contributed by atoms with Crippen LogP contribution in [0.15, 0.2) is 18.2 Å². The fourth-order valence-corrected chi connectivity index (χ4v) is 2.11. The third kappa shape index (κ3) is 2.39. The topological polar surface area (TPSA) is 15.3 Å². The summed E-state index contributed by atoms with van der Waals surface area (Å²) < 4.78 is 26.4. The van der Waals surface area contributed by atoms with Gasteiger partial charge in [-0.1, -0.05) is 6.07 Å². The fourth-order valence-electron chi connectivity index (χ4n) is 2.11. The molecule has 1 aliphatic heterocycles. The minimum atomic E-state index is -0.520. The highest BCUT2D eigenvalue weighted by Gasteiger charge is 2.20. The molecule has 1 aromatic rings. The van der Waals surface area contributed by atoms with Crippen LogP contribution >= 0.6 is 0 Å². The Labute approximate surface area is 94.3 Å². The molecule has 0 aromatic heterocycles. The Kier molecular flexibility index (Phi) is 3.51. The average Bonchev–Trinajstić information content (AvgIpc) is 2.29. The van der Waals surface area contributed by atoms with E-state index in [9.17, 15) is 8.78 Å². The molecule has 1 aliphatic rings. The van der Waals surface area contributed by atoms with Gasteiger partial charge in [-0.05, 0) is 13.0 Å². The zero-order valence-electron chi connectivity index (χ0n) is 9.34. The largest absolute Gasteiger partial charge is 0.314 e. The van der Waals surface area contributed by atoms with Crippen molar-refractivity contribution < 1.29 is 8.78 Å². The molecule has 4 heteroatoms. The van der Waals surface area contributed by atoms with Crippen LogP contribution < -0.4 is 5.32 Å². The van der Waals surface area contributed by atoms with Crippen LogP contribution in [0.3, 0.4) is 0 Å². The van der Waals surface area contributed by atoms with Crippen LogP contribution in [-0.2, 0) is 0 Å². The van der Waals surface area contributed by atoms with Gasteiger partial charge in [0.2, 0.25) is 0 Å². The number of benzene rings is 1. The van der Waals surface area contributed by atoms with Gasteiger partial charge in [0, 0.05) is 43.9 Å². The number of nitrogens with zero attached hydrogens (tertiary/aromatic N) is 1. The highest BCUT2D eigenvalue weighted by atomic mass is 19.1. The lowest BCUT2D eigenvalue weighted by Crippen LogP contribution is -2.44. The minimum absolute atomic E-state index is 0.00250. The van der Waals surface area contributed by atoms with Crippen LogP contribution in [0.1, 0.15) is 18.5 Å². The summed E-state index contributed by atoms with van der Waals surface area (Å²) in [7, 11) is 0. The molecule has 0 amide bonds. The van der Waals surface area contributed by atoms with Gasteiger partial charge in [0.05, 0.1) is 0 Å². The second kappa shape index (κ2) is 4.89. The molecule has 2 nitrogen and oxygen atoms in total. The van der Waals surface area contributed by atoms with E-state index < -0.39 is 11.6 Å². The van der Waals surface area contributed by atoms with Crippen LogP contribution in [-0.4, -0.2) is 31.1 Å². The molecule has 16 heavy (non-hydrogen) atoms. The maximum Gasteiger partial charge on any atom is 0.130 e. The molecule has 0 radical (unpaired) electrons. The van der Waals surface area contributed by atoms with E-state index in [1.807, 2.05) is 6.92 Å². The molecule has 0 spiro atoms. The minimum Gasteiger partial charge on any atom is -0.314 e. The summed E-state index contributed by atoms with van der Waals surface area (Å²) in [5.74, 6) is -0.972. The quantitative estimate of drug-likeness (QED) is 0.829. The van der Waals surface area contributed by atoms with Crippen LogP contribution in [0.2, 0.25) is 0 Å². The maximum atomic E-state index is 13.6. The Bertz CT molecular complexity index is 362. The van der Waals surface area contributed by atoms with Crippen molar-refractivity contribution in [1.29, 1.82) is 0 Å². The van der Waals surface area contributed by atoms with E-state index in [2.05, 4.69) is 10.2 Å². The Morgan fingerprint density at radius 2 is 1.94 bits per heavy atom. The smallest absolute Gasteiger partial charge is 0.130 e. The lowest BCUT2D eigenvalue weighted by Gasteiger charge is -2.33. The Hall–Kier alpha value is -1.00. The molecule has 0 unspecified atom stereocenters. The van der Waals surface area contributed by atoms with Gasteiger partial charge >= 0.3 is 0 Å². The lowest BCUT2D eigenvalue weighted by molar-refractivity contribution is 0.182. The van der Waals surface area contributed by atoms with Gasteiger partial charge in [0.15, 0.2) is 0 Å². The molecule has 1 atom stereocenters. The van der Waals surface area contributed by atoms with Crippen molar-refractivity contribution in [3.8, 4) is 0 Å². The van der Waals surface area contributed by atoms with Crippen molar-refractivity contribution in [2.75, 3.05) is 26.2 Å². The summed E-state index contributed by atoms with van der Waals surface area (Å²) in [6.45, 7) is 5.61. The molecule has 2 rings (SSSR count). The first kappa shape index (κ1) is 11.5. The molecule has 1 fully saturated rings. The summed E-state index contributed by atoms with van der Waals surface area (Å²) in [6, 6.07) is 3.81. The Balaban J connectivity index is 2.15. The van der Waals surface area contributed by atoms with E-state index >= 15 is 0 Å². The summed E-state index contributed by atoms with van der Waals surface area (Å²) >= 11 is 0. The predicted octanol–water partition coefficient (Wildman–Crippen LogP) is 1.93. The number of hydrogen-bond donors (Lipinski definition) is 1. The third-order valence-electron chi connectivity index (χ3n) is 3.11. The predicted molar refractivity (Wildman–Crippen MR) is 59.2 cm³/mol. The molecule has 0 aliphatic carbocycles. The van der Waals surface area contributed by atoms with E-state index in [1.54, 1.807) is 0 Å². The van der Waals surface area contributed by atoms with E-state index in [-0.39, 0.29) is 6.04 Å². The second-order valence-corrected chi connectivity index (χ2v) is 4.13. The average molecular weight is 226 g/mol. The number of hydrogen-bond acceptors (Lipinski definition) is 2. The molecule has 0 bridgehead atoms. The van der Waals surface area contributed by atoms with Crippen LogP contribution in [0.25, 0.3) is 0 Å².